The molecule has 2 rings (SSSR count). The Labute approximate surface area is 105 Å². The highest BCUT2D eigenvalue weighted by Crippen LogP contribution is 2.27. The van der Waals surface area contributed by atoms with Crippen molar-refractivity contribution in [2.75, 3.05) is 5.32 Å². The van der Waals surface area contributed by atoms with Gasteiger partial charge in [0.05, 0.1) is 11.7 Å². The van der Waals surface area contributed by atoms with Gasteiger partial charge in [-0.05, 0) is 55.5 Å². The van der Waals surface area contributed by atoms with E-state index >= 15 is 0 Å². The van der Waals surface area contributed by atoms with Crippen molar-refractivity contribution < 1.29 is 4.39 Å². The van der Waals surface area contributed by atoms with Crippen LogP contribution in [0, 0.1) is 19.7 Å². The standard InChI is InChI=1S/C14H16FNS/c1-9-4-5-13(12(15)8-9)16-11(3)14-10(2)6-7-17-14/h4-8,11,16H,1-3H3. The van der Waals surface area contributed by atoms with Crippen molar-refractivity contribution in [3.8, 4) is 0 Å². The molecule has 0 fully saturated rings. The highest BCUT2D eigenvalue weighted by Gasteiger charge is 2.11. The molecule has 1 aromatic heterocycles. The number of rotatable bonds is 3. The van der Waals surface area contributed by atoms with Crippen LogP contribution in [0.15, 0.2) is 29.6 Å². The summed E-state index contributed by atoms with van der Waals surface area (Å²) in [7, 11) is 0. The van der Waals surface area contributed by atoms with Gasteiger partial charge in [-0.3, -0.25) is 0 Å². The maximum Gasteiger partial charge on any atom is 0.146 e. The summed E-state index contributed by atoms with van der Waals surface area (Å²) in [4.78, 5) is 1.25. The predicted octanol–water partition coefficient (Wildman–Crippen LogP) is 4.68. The van der Waals surface area contributed by atoms with Crippen LogP contribution in [-0.4, -0.2) is 0 Å². The zero-order chi connectivity index (χ0) is 12.4. The lowest BCUT2D eigenvalue weighted by Crippen LogP contribution is -2.07. The summed E-state index contributed by atoms with van der Waals surface area (Å²) >= 11 is 1.70. The molecule has 0 aliphatic carbocycles. The topological polar surface area (TPSA) is 12.0 Å². The van der Waals surface area contributed by atoms with Gasteiger partial charge in [0.15, 0.2) is 0 Å². The van der Waals surface area contributed by atoms with E-state index in [1.807, 2.05) is 13.0 Å². The smallest absolute Gasteiger partial charge is 0.146 e. The van der Waals surface area contributed by atoms with Crippen molar-refractivity contribution in [1.82, 2.24) is 0 Å². The molecule has 1 nitrogen and oxygen atoms in total. The van der Waals surface area contributed by atoms with Crippen LogP contribution in [0.2, 0.25) is 0 Å². The zero-order valence-corrected chi connectivity index (χ0v) is 11.1. The molecule has 1 heterocycles. The van der Waals surface area contributed by atoms with E-state index < -0.39 is 0 Å². The molecule has 0 amide bonds. The highest BCUT2D eigenvalue weighted by molar-refractivity contribution is 7.10. The zero-order valence-electron chi connectivity index (χ0n) is 10.3. The van der Waals surface area contributed by atoms with Gasteiger partial charge in [0.25, 0.3) is 0 Å². The number of hydrogen-bond acceptors (Lipinski definition) is 2. The van der Waals surface area contributed by atoms with Crippen LogP contribution in [0.5, 0.6) is 0 Å². The summed E-state index contributed by atoms with van der Waals surface area (Å²) in [5.74, 6) is -0.189. The van der Waals surface area contributed by atoms with Crippen molar-refractivity contribution in [3.63, 3.8) is 0 Å². The molecular formula is C14H16FNS. The van der Waals surface area contributed by atoms with Gasteiger partial charge < -0.3 is 5.32 Å². The van der Waals surface area contributed by atoms with Gasteiger partial charge in [0.1, 0.15) is 5.82 Å². The quantitative estimate of drug-likeness (QED) is 0.833. The Hall–Kier alpha value is -1.35. The van der Waals surface area contributed by atoms with Gasteiger partial charge in [-0.25, -0.2) is 4.39 Å². The maximum atomic E-state index is 13.7. The Balaban J connectivity index is 2.19. The average Bonchev–Trinajstić information content (AvgIpc) is 2.68. The third-order valence-electron chi connectivity index (χ3n) is 2.79. The third kappa shape index (κ3) is 2.67. The Morgan fingerprint density at radius 3 is 2.59 bits per heavy atom. The Morgan fingerprint density at radius 2 is 2.00 bits per heavy atom. The molecule has 0 aliphatic rings. The number of halogens is 1. The molecule has 1 N–H and O–H groups in total. The molecule has 1 atom stereocenters. The van der Waals surface area contributed by atoms with Crippen LogP contribution in [0.3, 0.4) is 0 Å². The van der Waals surface area contributed by atoms with Crippen LogP contribution >= 0.6 is 11.3 Å². The molecule has 1 unspecified atom stereocenters. The fourth-order valence-corrected chi connectivity index (χ4v) is 2.80. The number of benzene rings is 1. The van der Waals surface area contributed by atoms with Crippen molar-refractivity contribution >= 4 is 17.0 Å². The Bertz CT molecular complexity index is 519. The van der Waals surface area contributed by atoms with Gasteiger partial charge in [-0.1, -0.05) is 6.07 Å². The summed E-state index contributed by atoms with van der Waals surface area (Å²) < 4.78 is 13.7. The summed E-state index contributed by atoms with van der Waals surface area (Å²) in [6, 6.07) is 7.48. The number of thiophene rings is 1. The van der Waals surface area contributed by atoms with Gasteiger partial charge in [0.2, 0.25) is 0 Å². The number of aryl methyl sites for hydroxylation is 2. The monoisotopic (exact) mass is 249 g/mol. The van der Waals surface area contributed by atoms with Crippen molar-refractivity contribution in [3.05, 3.63) is 51.5 Å². The van der Waals surface area contributed by atoms with E-state index in [-0.39, 0.29) is 11.9 Å². The minimum Gasteiger partial charge on any atom is -0.375 e. The lowest BCUT2D eigenvalue weighted by atomic mass is 10.1. The summed E-state index contributed by atoms with van der Waals surface area (Å²) in [6.45, 7) is 6.02. The fourth-order valence-electron chi connectivity index (χ4n) is 1.86. The van der Waals surface area contributed by atoms with Crippen LogP contribution < -0.4 is 5.32 Å². The lowest BCUT2D eigenvalue weighted by Gasteiger charge is -2.15. The molecule has 0 bridgehead atoms. The molecule has 90 valence electrons. The molecule has 0 aliphatic heterocycles. The third-order valence-corrected chi connectivity index (χ3v) is 3.99. The second-order valence-corrected chi connectivity index (χ2v) is 5.26. The minimum atomic E-state index is -0.189. The molecule has 2 aromatic rings. The van der Waals surface area contributed by atoms with Crippen LogP contribution in [0.1, 0.15) is 29.0 Å². The van der Waals surface area contributed by atoms with E-state index in [2.05, 4.69) is 30.6 Å². The van der Waals surface area contributed by atoms with Crippen LogP contribution in [0.4, 0.5) is 10.1 Å². The summed E-state index contributed by atoms with van der Waals surface area (Å²) in [5.41, 5.74) is 2.76. The predicted molar refractivity (Wildman–Crippen MR) is 72.2 cm³/mol. The van der Waals surface area contributed by atoms with E-state index in [1.54, 1.807) is 23.5 Å². The molecule has 0 saturated heterocycles. The normalized spacial score (nSPS) is 12.5. The molecular weight excluding hydrogens is 233 g/mol. The van der Waals surface area contributed by atoms with Gasteiger partial charge in [0, 0.05) is 4.88 Å². The van der Waals surface area contributed by atoms with Gasteiger partial charge >= 0.3 is 0 Å². The molecule has 0 radical (unpaired) electrons. The van der Waals surface area contributed by atoms with Crippen molar-refractivity contribution in [1.29, 1.82) is 0 Å². The minimum absolute atomic E-state index is 0.132. The average molecular weight is 249 g/mol. The first-order chi connectivity index (χ1) is 8.08. The first-order valence-corrected chi connectivity index (χ1v) is 6.52. The van der Waals surface area contributed by atoms with Crippen LogP contribution in [0.25, 0.3) is 0 Å². The fraction of sp³-hybridized carbons (Fsp3) is 0.286. The summed E-state index contributed by atoms with van der Waals surface area (Å²) in [5, 5.41) is 5.28. The van der Waals surface area contributed by atoms with Crippen molar-refractivity contribution in [2.24, 2.45) is 0 Å². The molecule has 0 saturated carbocycles. The maximum absolute atomic E-state index is 13.7. The summed E-state index contributed by atoms with van der Waals surface area (Å²) in [6.07, 6.45) is 0. The van der Waals surface area contributed by atoms with Gasteiger partial charge in [-0.15, -0.1) is 11.3 Å². The molecule has 3 heteroatoms. The Kier molecular flexibility index (Phi) is 3.48. The van der Waals surface area contributed by atoms with E-state index in [0.717, 1.165) is 5.56 Å². The lowest BCUT2D eigenvalue weighted by molar-refractivity contribution is 0.626. The number of hydrogen-bond donors (Lipinski definition) is 1. The largest absolute Gasteiger partial charge is 0.375 e. The first kappa shape index (κ1) is 12.1. The first-order valence-electron chi connectivity index (χ1n) is 5.64. The van der Waals surface area contributed by atoms with Crippen molar-refractivity contribution in [2.45, 2.75) is 26.8 Å². The highest BCUT2D eigenvalue weighted by atomic mass is 32.1. The van der Waals surface area contributed by atoms with E-state index in [4.69, 9.17) is 0 Å². The number of nitrogens with one attached hydrogen (secondary N) is 1. The SMILES string of the molecule is Cc1ccc(NC(C)c2sccc2C)c(F)c1. The van der Waals surface area contributed by atoms with Gasteiger partial charge in [-0.2, -0.15) is 0 Å². The molecule has 1 aromatic carbocycles. The van der Waals surface area contributed by atoms with E-state index in [1.165, 1.54) is 10.4 Å². The molecule has 17 heavy (non-hydrogen) atoms. The van der Waals surface area contributed by atoms with E-state index in [0.29, 0.717) is 5.69 Å². The van der Waals surface area contributed by atoms with E-state index in [9.17, 15) is 4.39 Å². The van der Waals surface area contributed by atoms with Crippen LogP contribution in [-0.2, 0) is 0 Å². The second kappa shape index (κ2) is 4.88. The number of anilines is 1. The Morgan fingerprint density at radius 1 is 1.24 bits per heavy atom. The molecule has 0 spiro atoms. The second-order valence-electron chi connectivity index (χ2n) is 4.32.